The number of anilines is 1. The van der Waals surface area contributed by atoms with Crippen LogP contribution in [0.5, 0.6) is 5.75 Å². The number of amides is 1. The number of carbonyl (C=O) groups is 1. The number of carbonyl (C=O) groups excluding carboxylic acids is 1. The standard InChI is InChI=1S/C22H23FN4O2/c1-29-19-10-9-15(12-18(19)23)13-21(28)24-17-7-5-6-16(14-17)22-26-25-20-8-3-2-4-11-27(20)22/h5-7,9-10,12,14H,2-4,8,11,13H2,1H3,(H,24,28). The van der Waals surface area contributed by atoms with E-state index in [0.29, 0.717) is 11.3 Å². The molecule has 3 aromatic rings. The molecule has 6 nitrogen and oxygen atoms in total. The first-order valence-corrected chi connectivity index (χ1v) is 9.79. The highest BCUT2D eigenvalue weighted by Crippen LogP contribution is 2.25. The summed E-state index contributed by atoms with van der Waals surface area (Å²) < 4.78 is 20.9. The molecule has 0 aliphatic carbocycles. The molecule has 2 aromatic carbocycles. The minimum atomic E-state index is -0.479. The summed E-state index contributed by atoms with van der Waals surface area (Å²) in [6.07, 6.45) is 4.48. The number of fused-ring (bicyclic) bond motifs is 1. The number of hydrogen-bond acceptors (Lipinski definition) is 4. The number of aromatic nitrogens is 3. The third-order valence-corrected chi connectivity index (χ3v) is 5.09. The van der Waals surface area contributed by atoms with Crippen LogP contribution in [0.3, 0.4) is 0 Å². The molecule has 29 heavy (non-hydrogen) atoms. The van der Waals surface area contributed by atoms with Crippen molar-refractivity contribution in [3.63, 3.8) is 0 Å². The Morgan fingerprint density at radius 1 is 1.17 bits per heavy atom. The molecule has 0 bridgehead atoms. The fourth-order valence-electron chi connectivity index (χ4n) is 3.65. The predicted molar refractivity (Wildman–Crippen MR) is 108 cm³/mol. The largest absolute Gasteiger partial charge is 0.494 e. The second-order valence-corrected chi connectivity index (χ2v) is 7.18. The smallest absolute Gasteiger partial charge is 0.228 e. The van der Waals surface area contributed by atoms with Crippen molar-refractivity contribution in [2.75, 3.05) is 12.4 Å². The van der Waals surface area contributed by atoms with Gasteiger partial charge >= 0.3 is 0 Å². The van der Waals surface area contributed by atoms with E-state index in [4.69, 9.17) is 4.74 Å². The van der Waals surface area contributed by atoms with Crippen molar-refractivity contribution in [3.05, 3.63) is 59.7 Å². The van der Waals surface area contributed by atoms with Gasteiger partial charge in [-0.2, -0.15) is 0 Å². The molecule has 0 unspecified atom stereocenters. The zero-order chi connectivity index (χ0) is 20.2. The van der Waals surface area contributed by atoms with Crippen LogP contribution in [0, 0.1) is 5.82 Å². The van der Waals surface area contributed by atoms with Gasteiger partial charge in [0, 0.05) is 24.2 Å². The first-order chi connectivity index (χ1) is 14.1. The van der Waals surface area contributed by atoms with Crippen LogP contribution < -0.4 is 10.1 Å². The van der Waals surface area contributed by atoms with Gasteiger partial charge in [0.25, 0.3) is 0 Å². The first kappa shape index (κ1) is 19.1. The van der Waals surface area contributed by atoms with E-state index >= 15 is 0 Å². The molecule has 4 rings (SSSR count). The molecule has 1 N–H and O–H groups in total. The summed E-state index contributed by atoms with van der Waals surface area (Å²) in [4.78, 5) is 12.4. The fourth-order valence-corrected chi connectivity index (χ4v) is 3.65. The van der Waals surface area contributed by atoms with Crippen LogP contribution in [-0.4, -0.2) is 27.8 Å². The monoisotopic (exact) mass is 394 g/mol. The summed E-state index contributed by atoms with van der Waals surface area (Å²) in [6.45, 7) is 0.914. The summed E-state index contributed by atoms with van der Waals surface area (Å²) in [5.41, 5.74) is 2.17. The molecule has 0 saturated carbocycles. The molecule has 0 atom stereocenters. The highest BCUT2D eigenvalue weighted by molar-refractivity contribution is 5.92. The van der Waals surface area contributed by atoms with Crippen molar-refractivity contribution in [1.82, 2.24) is 14.8 Å². The van der Waals surface area contributed by atoms with Crippen LogP contribution in [0.4, 0.5) is 10.1 Å². The number of ether oxygens (including phenoxy) is 1. The fraction of sp³-hybridized carbons (Fsp3) is 0.318. The zero-order valence-corrected chi connectivity index (χ0v) is 16.3. The van der Waals surface area contributed by atoms with Crippen molar-refractivity contribution in [3.8, 4) is 17.1 Å². The van der Waals surface area contributed by atoms with Gasteiger partial charge in [-0.25, -0.2) is 4.39 Å². The number of methoxy groups -OCH3 is 1. The number of benzene rings is 2. The van der Waals surface area contributed by atoms with Crippen LogP contribution in [0.1, 0.15) is 30.7 Å². The van der Waals surface area contributed by atoms with Crippen molar-refractivity contribution < 1.29 is 13.9 Å². The number of hydrogen-bond donors (Lipinski definition) is 1. The highest BCUT2D eigenvalue weighted by atomic mass is 19.1. The average Bonchev–Trinajstić information content (AvgIpc) is 2.96. The molecule has 2 heterocycles. The van der Waals surface area contributed by atoms with Gasteiger partial charge in [0.05, 0.1) is 13.5 Å². The lowest BCUT2D eigenvalue weighted by atomic mass is 10.1. The van der Waals surface area contributed by atoms with Gasteiger partial charge in [0.15, 0.2) is 17.4 Å². The van der Waals surface area contributed by atoms with E-state index in [9.17, 15) is 9.18 Å². The Morgan fingerprint density at radius 3 is 2.90 bits per heavy atom. The molecule has 0 fully saturated rings. The SMILES string of the molecule is COc1ccc(CC(=O)Nc2cccc(-c3nnc4n3CCCCC4)c2)cc1F. The maximum Gasteiger partial charge on any atom is 0.228 e. The Kier molecular flexibility index (Phi) is 5.55. The highest BCUT2D eigenvalue weighted by Gasteiger charge is 2.16. The van der Waals surface area contributed by atoms with E-state index in [-0.39, 0.29) is 18.1 Å². The molecule has 0 saturated heterocycles. The topological polar surface area (TPSA) is 69.0 Å². The second kappa shape index (κ2) is 8.43. The number of nitrogens with zero attached hydrogens (tertiary/aromatic N) is 3. The molecule has 1 aliphatic heterocycles. The summed E-state index contributed by atoms with van der Waals surface area (Å²) in [7, 11) is 1.41. The molecule has 0 spiro atoms. The number of halogens is 1. The van der Waals surface area contributed by atoms with Gasteiger partial charge in [0.2, 0.25) is 5.91 Å². The summed E-state index contributed by atoms with van der Waals surface area (Å²) >= 11 is 0. The molecule has 0 radical (unpaired) electrons. The van der Waals surface area contributed by atoms with E-state index in [0.717, 1.165) is 43.0 Å². The van der Waals surface area contributed by atoms with E-state index in [1.165, 1.54) is 25.7 Å². The van der Waals surface area contributed by atoms with Crippen LogP contribution in [0.15, 0.2) is 42.5 Å². The lowest BCUT2D eigenvalue weighted by molar-refractivity contribution is -0.115. The van der Waals surface area contributed by atoms with E-state index in [1.54, 1.807) is 6.07 Å². The first-order valence-electron chi connectivity index (χ1n) is 9.79. The van der Waals surface area contributed by atoms with Crippen molar-refractivity contribution in [2.24, 2.45) is 0 Å². The van der Waals surface area contributed by atoms with E-state index in [1.807, 2.05) is 24.3 Å². The van der Waals surface area contributed by atoms with Gasteiger partial charge < -0.3 is 14.6 Å². The van der Waals surface area contributed by atoms with E-state index < -0.39 is 5.82 Å². The minimum Gasteiger partial charge on any atom is -0.494 e. The second-order valence-electron chi connectivity index (χ2n) is 7.18. The zero-order valence-electron chi connectivity index (χ0n) is 16.3. The molecule has 1 aliphatic rings. The summed E-state index contributed by atoms with van der Waals surface area (Å²) in [6, 6.07) is 12.1. The van der Waals surface area contributed by atoms with Crippen LogP contribution in [-0.2, 0) is 24.2 Å². The Labute approximate surface area is 168 Å². The average molecular weight is 394 g/mol. The van der Waals surface area contributed by atoms with Crippen LogP contribution >= 0.6 is 0 Å². The third kappa shape index (κ3) is 4.29. The van der Waals surface area contributed by atoms with Gasteiger partial charge in [-0.1, -0.05) is 24.6 Å². The van der Waals surface area contributed by atoms with Crippen molar-refractivity contribution in [2.45, 2.75) is 38.6 Å². The maximum absolute atomic E-state index is 13.8. The van der Waals surface area contributed by atoms with Crippen molar-refractivity contribution in [1.29, 1.82) is 0 Å². The minimum absolute atomic E-state index is 0.0749. The number of nitrogens with one attached hydrogen (secondary N) is 1. The summed E-state index contributed by atoms with van der Waals surface area (Å²) in [5, 5.41) is 11.6. The van der Waals surface area contributed by atoms with Gasteiger partial charge in [-0.15, -0.1) is 10.2 Å². The molecule has 150 valence electrons. The molecule has 7 heteroatoms. The molecule has 1 amide bonds. The van der Waals surface area contributed by atoms with Crippen molar-refractivity contribution >= 4 is 11.6 Å². The lowest BCUT2D eigenvalue weighted by Gasteiger charge is -2.10. The Morgan fingerprint density at radius 2 is 2.07 bits per heavy atom. The molecular formula is C22H23FN4O2. The van der Waals surface area contributed by atoms with Gasteiger partial charge in [-0.05, 0) is 42.7 Å². The molecular weight excluding hydrogens is 371 g/mol. The number of rotatable bonds is 5. The predicted octanol–water partition coefficient (Wildman–Crippen LogP) is 4.00. The van der Waals surface area contributed by atoms with Crippen LogP contribution in [0.25, 0.3) is 11.4 Å². The Hall–Kier alpha value is -3.22. The third-order valence-electron chi connectivity index (χ3n) is 5.09. The molecule has 1 aromatic heterocycles. The quantitative estimate of drug-likeness (QED) is 0.710. The van der Waals surface area contributed by atoms with E-state index in [2.05, 4.69) is 20.1 Å². The Balaban J connectivity index is 1.49. The van der Waals surface area contributed by atoms with Gasteiger partial charge in [0.1, 0.15) is 5.82 Å². The normalized spacial score (nSPS) is 13.4. The summed E-state index contributed by atoms with van der Waals surface area (Å²) in [5.74, 6) is 1.32. The van der Waals surface area contributed by atoms with Crippen LogP contribution in [0.2, 0.25) is 0 Å². The maximum atomic E-state index is 13.8. The number of aryl methyl sites for hydroxylation is 1. The Bertz CT molecular complexity index is 1030. The lowest BCUT2D eigenvalue weighted by Crippen LogP contribution is -2.14. The van der Waals surface area contributed by atoms with Gasteiger partial charge in [-0.3, -0.25) is 4.79 Å².